The molecule has 2 amide bonds. The SMILES string of the molecule is BC(B)(B)NC(=O)c1cnc(NC(=O)C2CC2)cc1Nc1cccc(-c2noc(CN(C)S(C)(=O)=O)n2)c1OC. The summed E-state index contributed by atoms with van der Waals surface area (Å²) in [5.74, 6) is 0.476. The zero-order chi connectivity index (χ0) is 29.2. The number of benzene rings is 1. The van der Waals surface area contributed by atoms with Gasteiger partial charge in [0.25, 0.3) is 5.91 Å². The van der Waals surface area contributed by atoms with Crippen molar-refractivity contribution in [3.05, 3.63) is 41.9 Å². The number of hydrogen-bond acceptors (Lipinski definition) is 10. The molecule has 0 bridgehead atoms. The van der Waals surface area contributed by atoms with E-state index in [1.54, 1.807) is 24.3 Å². The largest absolute Gasteiger partial charge is 0.494 e. The summed E-state index contributed by atoms with van der Waals surface area (Å²) in [5, 5.41) is 12.5. The molecule has 13 nitrogen and oxygen atoms in total. The fraction of sp³-hybridized carbons (Fsp3) is 0.348. The van der Waals surface area contributed by atoms with Crippen LogP contribution in [0.15, 0.2) is 35.0 Å². The summed E-state index contributed by atoms with van der Waals surface area (Å²) in [6, 6.07) is 6.80. The van der Waals surface area contributed by atoms with E-state index < -0.39 is 15.3 Å². The lowest BCUT2D eigenvalue weighted by Crippen LogP contribution is -2.50. The van der Waals surface area contributed by atoms with Crippen LogP contribution < -0.4 is 20.7 Å². The number of hydrogen-bond donors (Lipinski definition) is 3. The lowest BCUT2D eigenvalue weighted by Gasteiger charge is -2.22. The molecule has 1 aromatic carbocycles. The minimum absolute atomic E-state index is 0.0177. The maximum Gasteiger partial charge on any atom is 0.253 e. The van der Waals surface area contributed by atoms with E-state index in [1.165, 1.54) is 20.4 Å². The molecule has 1 fully saturated rings. The quantitative estimate of drug-likeness (QED) is 0.242. The fourth-order valence-corrected chi connectivity index (χ4v) is 4.05. The summed E-state index contributed by atoms with van der Waals surface area (Å²) in [6.45, 7) is -0.0926. The van der Waals surface area contributed by atoms with Crippen molar-refractivity contribution in [3.8, 4) is 17.1 Å². The van der Waals surface area contributed by atoms with E-state index in [2.05, 4.69) is 31.1 Å². The van der Waals surface area contributed by atoms with Crippen LogP contribution in [0.4, 0.5) is 17.2 Å². The summed E-state index contributed by atoms with van der Waals surface area (Å²) >= 11 is 0. The second kappa shape index (κ2) is 11.3. The Morgan fingerprint density at radius 2 is 1.95 bits per heavy atom. The molecule has 0 unspecified atom stereocenters. The van der Waals surface area contributed by atoms with E-state index in [9.17, 15) is 18.0 Å². The number of carbonyl (C=O) groups is 2. The Kier molecular flexibility index (Phi) is 8.26. The van der Waals surface area contributed by atoms with Gasteiger partial charge in [-0.3, -0.25) is 9.59 Å². The van der Waals surface area contributed by atoms with Gasteiger partial charge in [-0.25, -0.2) is 13.4 Å². The molecule has 2 aromatic heterocycles. The minimum atomic E-state index is -3.44. The standard InChI is InChI=1S/C23H30B3N7O6S/c1-33(40(3,36)37)11-18-30-20(32-39-18)13-5-4-6-15(19(13)38-2)28-16-9-17(29-21(34)12-7-8-12)27-10-14(16)22(35)31-23(24,25)26/h4-6,9-10,12H,7-8,11,24-26H2,1-3H3,(H,31,35)(H2,27,28,29,34). The van der Waals surface area contributed by atoms with E-state index >= 15 is 0 Å². The number of pyridine rings is 1. The average Bonchev–Trinajstić information content (AvgIpc) is 3.61. The van der Waals surface area contributed by atoms with E-state index in [4.69, 9.17) is 9.26 Å². The second-order valence-electron chi connectivity index (χ2n) is 10.6. The third-order valence-corrected chi connectivity index (χ3v) is 7.22. The molecule has 4 rings (SSSR count). The van der Waals surface area contributed by atoms with Crippen LogP contribution in [0.3, 0.4) is 0 Å². The molecular weight excluding hydrogens is 535 g/mol. The molecule has 208 valence electrons. The molecule has 2 heterocycles. The van der Waals surface area contributed by atoms with Crippen LogP contribution in [0, 0.1) is 5.92 Å². The Balaban J connectivity index is 1.68. The molecule has 40 heavy (non-hydrogen) atoms. The Labute approximate surface area is 235 Å². The van der Waals surface area contributed by atoms with Gasteiger partial charge < -0.3 is 25.2 Å². The number of sulfonamides is 1. The monoisotopic (exact) mass is 565 g/mol. The van der Waals surface area contributed by atoms with Gasteiger partial charge >= 0.3 is 0 Å². The first-order valence-electron chi connectivity index (χ1n) is 12.6. The van der Waals surface area contributed by atoms with Crippen molar-refractivity contribution in [2.45, 2.75) is 24.6 Å². The van der Waals surface area contributed by atoms with Crippen LogP contribution in [-0.4, -0.2) is 88.9 Å². The van der Waals surface area contributed by atoms with E-state index in [0.717, 1.165) is 23.4 Å². The van der Waals surface area contributed by atoms with Gasteiger partial charge in [-0.05, 0) is 30.2 Å². The van der Waals surface area contributed by atoms with Gasteiger partial charge in [0.05, 0.1) is 42.4 Å². The predicted molar refractivity (Wildman–Crippen MR) is 157 cm³/mol. The number of rotatable bonds is 11. The number of nitrogens with zero attached hydrogens (tertiary/aromatic N) is 4. The van der Waals surface area contributed by atoms with Crippen LogP contribution in [0.1, 0.15) is 29.1 Å². The van der Waals surface area contributed by atoms with Gasteiger partial charge in [0, 0.05) is 25.2 Å². The fourth-order valence-electron chi connectivity index (χ4n) is 3.70. The minimum Gasteiger partial charge on any atom is -0.494 e. The molecular formula is C23H30B3N7O6S. The first-order valence-corrected chi connectivity index (χ1v) is 14.4. The van der Waals surface area contributed by atoms with Gasteiger partial charge in [0.15, 0.2) is 5.75 Å². The summed E-state index contributed by atoms with van der Waals surface area (Å²) in [6.07, 6.45) is 4.18. The highest BCUT2D eigenvalue weighted by molar-refractivity contribution is 7.88. The molecule has 0 radical (unpaired) electrons. The van der Waals surface area contributed by atoms with Crippen molar-refractivity contribution < 1.29 is 27.3 Å². The van der Waals surface area contributed by atoms with Crippen LogP contribution in [0.25, 0.3) is 11.4 Å². The molecule has 17 heteroatoms. The van der Waals surface area contributed by atoms with Crippen LogP contribution >= 0.6 is 0 Å². The summed E-state index contributed by atoms with van der Waals surface area (Å²) < 4.78 is 35.6. The summed E-state index contributed by atoms with van der Waals surface area (Å²) in [7, 11) is 5.06. The molecule has 0 spiro atoms. The first-order chi connectivity index (χ1) is 18.7. The maximum absolute atomic E-state index is 13.1. The average molecular weight is 565 g/mol. The lowest BCUT2D eigenvalue weighted by molar-refractivity contribution is -0.117. The number of nitrogens with one attached hydrogen (secondary N) is 3. The van der Waals surface area contributed by atoms with Crippen molar-refractivity contribution in [3.63, 3.8) is 0 Å². The van der Waals surface area contributed by atoms with Crippen LogP contribution in [-0.2, 0) is 21.4 Å². The predicted octanol–water partition coefficient (Wildman–Crippen LogP) is -1.14. The number of amides is 2. The Morgan fingerprint density at radius 3 is 2.58 bits per heavy atom. The molecule has 0 atom stereocenters. The normalized spacial score (nSPS) is 13.6. The van der Waals surface area contributed by atoms with Crippen LogP contribution in [0.5, 0.6) is 5.75 Å². The van der Waals surface area contributed by atoms with Gasteiger partial charge in [-0.15, -0.1) is 0 Å². The zero-order valence-corrected chi connectivity index (χ0v) is 24.0. The van der Waals surface area contributed by atoms with Crippen molar-refractivity contribution >= 4 is 62.6 Å². The van der Waals surface area contributed by atoms with Gasteiger partial charge in [0.2, 0.25) is 27.6 Å². The summed E-state index contributed by atoms with van der Waals surface area (Å²) in [4.78, 5) is 34.1. The maximum atomic E-state index is 13.1. The topological polar surface area (TPSA) is 169 Å². The molecule has 0 aliphatic heterocycles. The molecule has 3 N–H and O–H groups in total. The van der Waals surface area contributed by atoms with Gasteiger partial charge in [-0.1, -0.05) is 11.2 Å². The van der Waals surface area contributed by atoms with Crippen LogP contribution in [0.2, 0.25) is 0 Å². The number of aromatic nitrogens is 3. The molecule has 3 aromatic rings. The highest BCUT2D eigenvalue weighted by Gasteiger charge is 2.30. The second-order valence-corrected chi connectivity index (χ2v) is 12.7. The molecule has 1 aliphatic rings. The zero-order valence-electron chi connectivity index (χ0n) is 23.2. The molecule has 1 saturated carbocycles. The van der Waals surface area contributed by atoms with E-state index in [0.29, 0.717) is 28.5 Å². The van der Waals surface area contributed by atoms with E-state index in [1.807, 2.05) is 23.5 Å². The van der Waals surface area contributed by atoms with Crippen molar-refractivity contribution in [1.29, 1.82) is 0 Å². The van der Waals surface area contributed by atoms with Crippen molar-refractivity contribution in [1.82, 2.24) is 24.7 Å². The Hall–Kier alpha value is -3.85. The Bertz CT molecular complexity index is 1540. The smallest absolute Gasteiger partial charge is 0.253 e. The highest BCUT2D eigenvalue weighted by Crippen LogP contribution is 2.38. The number of ether oxygens (including phenoxy) is 1. The molecule has 0 saturated heterocycles. The number of para-hydroxylation sites is 1. The summed E-state index contributed by atoms with van der Waals surface area (Å²) in [5.41, 5.74) is 1.61. The number of carbonyl (C=O) groups excluding carboxylic acids is 2. The van der Waals surface area contributed by atoms with Crippen molar-refractivity contribution in [2.75, 3.05) is 31.0 Å². The number of anilines is 3. The van der Waals surface area contributed by atoms with E-state index in [-0.39, 0.29) is 41.6 Å². The van der Waals surface area contributed by atoms with Gasteiger partial charge in [-0.2, -0.15) is 9.29 Å². The first kappa shape index (κ1) is 29.1. The van der Waals surface area contributed by atoms with Crippen molar-refractivity contribution in [2.24, 2.45) is 5.92 Å². The van der Waals surface area contributed by atoms with Gasteiger partial charge in [0.1, 0.15) is 29.4 Å². The molecule has 1 aliphatic carbocycles. The highest BCUT2D eigenvalue weighted by atomic mass is 32.2. The number of methoxy groups -OCH3 is 1. The Morgan fingerprint density at radius 1 is 1.23 bits per heavy atom. The third kappa shape index (κ3) is 7.21. The third-order valence-electron chi connectivity index (χ3n) is 5.96. The lowest BCUT2D eigenvalue weighted by atomic mass is 9.49.